The van der Waals surface area contributed by atoms with E-state index in [1.165, 1.54) is 23.3 Å². The van der Waals surface area contributed by atoms with Crippen molar-refractivity contribution in [3.63, 3.8) is 0 Å². The molecule has 1 aliphatic carbocycles. The fourth-order valence-corrected chi connectivity index (χ4v) is 2.73. The Morgan fingerprint density at radius 2 is 1.75 bits per heavy atom. The molecule has 0 heterocycles. The van der Waals surface area contributed by atoms with Gasteiger partial charge in [-0.25, -0.2) is 0 Å². The molecule has 0 saturated carbocycles. The van der Waals surface area contributed by atoms with Crippen molar-refractivity contribution < 1.29 is 22.7 Å². The Bertz CT molecular complexity index is 739. The minimum Gasteiger partial charge on any atom is -0.484 e. The number of nitrogens with one attached hydrogen (secondary N) is 1. The highest BCUT2D eigenvalue weighted by molar-refractivity contribution is 5.91. The molecular weight excluding hydrogens is 319 g/mol. The number of alkyl halides is 3. The molecule has 0 fully saturated rings. The van der Waals surface area contributed by atoms with Crippen LogP contribution in [0.5, 0.6) is 5.75 Å². The summed E-state index contributed by atoms with van der Waals surface area (Å²) in [7, 11) is 0. The number of carbonyl (C=O) groups excluding carboxylic acids is 1. The predicted molar refractivity (Wildman–Crippen MR) is 84.0 cm³/mol. The summed E-state index contributed by atoms with van der Waals surface area (Å²) >= 11 is 0. The van der Waals surface area contributed by atoms with Crippen LogP contribution in [0.4, 0.5) is 18.9 Å². The minimum atomic E-state index is -4.39. The lowest BCUT2D eigenvalue weighted by Gasteiger charge is -2.10. The molecule has 126 valence electrons. The van der Waals surface area contributed by atoms with Gasteiger partial charge in [0.2, 0.25) is 0 Å². The summed E-state index contributed by atoms with van der Waals surface area (Å²) in [5.74, 6) is 0.202. The SMILES string of the molecule is O=C(COc1ccc2c(c1)CCC2)Nc1ccc(C(F)(F)F)cc1. The molecule has 0 atom stereocenters. The Kier molecular flexibility index (Phi) is 4.46. The number of carbonyl (C=O) groups is 1. The standard InChI is InChI=1S/C18H16F3NO2/c19-18(20,21)14-5-7-15(8-6-14)22-17(23)11-24-16-9-4-12-2-1-3-13(12)10-16/h4-10H,1-3,11H2,(H,22,23). The van der Waals surface area contributed by atoms with Gasteiger partial charge in [0.15, 0.2) is 6.61 Å². The smallest absolute Gasteiger partial charge is 0.416 e. The number of anilines is 1. The zero-order valence-electron chi connectivity index (χ0n) is 12.8. The molecule has 0 spiro atoms. The molecule has 1 aliphatic rings. The Morgan fingerprint density at radius 1 is 1.04 bits per heavy atom. The van der Waals surface area contributed by atoms with Gasteiger partial charge in [0.1, 0.15) is 5.75 Å². The van der Waals surface area contributed by atoms with Crippen molar-refractivity contribution in [2.45, 2.75) is 25.4 Å². The second kappa shape index (κ2) is 6.55. The third-order valence-electron chi connectivity index (χ3n) is 3.94. The summed E-state index contributed by atoms with van der Waals surface area (Å²) in [6.07, 6.45) is -1.17. The minimum absolute atomic E-state index is 0.195. The molecule has 0 radical (unpaired) electrons. The highest BCUT2D eigenvalue weighted by atomic mass is 19.4. The number of aryl methyl sites for hydroxylation is 2. The molecule has 0 bridgehead atoms. The fourth-order valence-electron chi connectivity index (χ4n) is 2.73. The average Bonchev–Trinajstić information content (AvgIpc) is 3.00. The van der Waals surface area contributed by atoms with Gasteiger partial charge in [-0.05, 0) is 66.8 Å². The third-order valence-corrected chi connectivity index (χ3v) is 3.94. The first kappa shape index (κ1) is 16.4. The van der Waals surface area contributed by atoms with E-state index in [2.05, 4.69) is 5.32 Å². The van der Waals surface area contributed by atoms with Gasteiger partial charge in [-0.15, -0.1) is 0 Å². The Balaban J connectivity index is 1.54. The maximum absolute atomic E-state index is 12.5. The molecule has 2 aromatic rings. The number of hydrogen-bond acceptors (Lipinski definition) is 2. The van der Waals surface area contributed by atoms with E-state index in [0.717, 1.165) is 31.4 Å². The number of fused-ring (bicyclic) bond motifs is 1. The molecule has 6 heteroatoms. The van der Waals surface area contributed by atoms with E-state index in [-0.39, 0.29) is 6.61 Å². The Morgan fingerprint density at radius 3 is 2.46 bits per heavy atom. The largest absolute Gasteiger partial charge is 0.484 e. The summed E-state index contributed by atoms with van der Waals surface area (Å²) in [5.41, 5.74) is 2.10. The molecule has 0 aromatic heterocycles. The van der Waals surface area contributed by atoms with Crippen molar-refractivity contribution >= 4 is 11.6 Å². The van der Waals surface area contributed by atoms with Crippen LogP contribution in [0.2, 0.25) is 0 Å². The van der Waals surface area contributed by atoms with Crippen LogP contribution in [-0.4, -0.2) is 12.5 Å². The molecule has 0 unspecified atom stereocenters. The number of amides is 1. The van der Waals surface area contributed by atoms with Crippen LogP contribution in [0.1, 0.15) is 23.1 Å². The molecular formula is C18H16F3NO2. The molecule has 1 amide bonds. The lowest BCUT2D eigenvalue weighted by molar-refractivity contribution is -0.137. The monoisotopic (exact) mass is 335 g/mol. The second-order valence-electron chi connectivity index (χ2n) is 5.70. The first-order valence-corrected chi connectivity index (χ1v) is 7.63. The highest BCUT2D eigenvalue weighted by Gasteiger charge is 2.29. The molecule has 0 aliphatic heterocycles. The number of ether oxygens (including phenoxy) is 1. The molecule has 2 aromatic carbocycles. The summed E-state index contributed by atoms with van der Waals surface area (Å²) in [5, 5.41) is 2.51. The molecule has 0 saturated heterocycles. The van der Waals surface area contributed by atoms with E-state index in [0.29, 0.717) is 11.4 Å². The molecule has 3 nitrogen and oxygen atoms in total. The quantitative estimate of drug-likeness (QED) is 0.909. The van der Waals surface area contributed by atoms with Gasteiger partial charge in [0, 0.05) is 5.69 Å². The topological polar surface area (TPSA) is 38.3 Å². The van der Waals surface area contributed by atoms with Crippen LogP contribution in [0.25, 0.3) is 0 Å². The predicted octanol–water partition coefficient (Wildman–Crippen LogP) is 4.21. The Hall–Kier alpha value is -2.50. The van der Waals surface area contributed by atoms with E-state index >= 15 is 0 Å². The first-order valence-electron chi connectivity index (χ1n) is 7.63. The number of hydrogen-bond donors (Lipinski definition) is 1. The van der Waals surface area contributed by atoms with Crippen molar-refractivity contribution in [1.82, 2.24) is 0 Å². The number of rotatable bonds is 4. The first-order chi connectivity index (χ1) is 11.4. The zero-order chi connectivity index (χ0) is 17.2. The van der Waals surface area contributed by atoms with E-state index in [4.69, 9.17) is 4.74 Å². The van der Waals surface area contributed by atoms with Crippen molar-refractivity contribution in [3.8, 4) is 5.75 Å². The summed E-state index contributed by atoms with van der Waals surface area (Å²) in [4.78, 5) is 11.8. The van der Waals surface area contributed by atoms with Gasteiger partial charge in [0.05, 0.1) is 5.56 Å². The average molecular weight is 335 g/mol. The van der Waals surface area contributed by atoms with E-state index in [1.54, 1.807) is 0 Å². The van der Waals surface area contributed by atoms with E-state index < -0.39 is 17.6 Å². The summed E-state index contributed by atoms with van der Waals surface area (Å²) < 4.78 is 42.9. The van der Waals surface area contributed by atoms with Gasteiger partial charge in [-0.3, -0.25) is 4.79 Å². The van der Waals surface area contributed by atoms with Crippen LogP contribution in [-0.2, 0) is 23.8 Å². The van der Waals surface area contributed by atoms with Gasteiger partial charge >= 0.3 is 6.18 Å². The zero-order valence-corrected chi connectivity index (χ0v) is 12.8. The Labute approximate surface area is 137 Å². The number of halogens is 3. The van der Waals surface area contributed by atoms with Gasteiger partial charge in [0.25, 0.3) is 5.91 Å². The highest BCUT2D eigenvalue weighted by Crippen LogP contribution is 2.30. The van der Waals surface area contributed by atoms with E-state index in [9.17, 15) is 18.0 Å². The summed E-state index contributed by atoms with van der Waals surface area (Å²) in [6.45, 7) is -0.195. The van der Waals surface area contributed by atoms with Crippen LogP contribution in [0.15, 0.2) is 42.5 Å². The summed E-state index contributed by atoms with van der Waals surface area (Å²) in [6, 6.07) is 10.1. The van der Waals surface area contributed by atoms with Crippen molar-refractivity contribution in [2.75, 3.05) is 11.9 Å². The van der Waals surface area contributed by atoms with Crippen molar-refractivity contribution in [3.05, 3.63) is 59.2 Å². The van der Waals surface area contributed by atoms with Crippen molar-refractivity contribution in [1.29, 1.82) is 0 Å². The van der Waals surface area contributed by atoms with Crippen LogP contribution in [0, 0.1) is 0 Å². The fraction of sp³-hybridized carbons (Fsp3) is 0.278. The molecule has 1 N–H and O–H groups in total. The van der Waals surface area contributed by atoms with Crippen LogP contribution >= 0.6 is 0 Å². The van der Waals surface area contributed by atoms with Gasteiger partial charge in [-0.1, -0.05) is 6.07 Å². The molecule has 3 rings (SSSR count). The third kappa shape index (κ3) is 3.88. The van der Waals surface area contributed by atoms with Crippen molar-refractivity contribution in [2.24, 2.45) is 0 Å². The lowest BCUT2D eigenvalue weighted by Crippen LogP contribution is -2.20. The maximum Gasteiger partial charge on any atom is 0.416 e. The van der Waals surface area contributed by atoms with Gasteiger partial charge in [-0.2, -0.15) is 13.2 Å². The van der Waals surface area contributed by atoms with Crippen LogP contribution < -0.4 is 10.1 Å². The molecule has 24 heavy (non-hydrogen) atoms. The van der Waals surface area contributed by atoms with Gasteiger partial charge < -0.3 is 10.1 Å². The number of benzene rings is 2. The maximum atomic E-state index is 12.5. The van der Waals surface area contributed by atoms with Crippen LogP contribution in [0.3, 0.4) is 0 Å². The lowest BCUT2D eigenvalue weighted by atomic mass is 10.1. The van der Waals surface area contributed by atoms with E-state index in [1.807, 2.05) is 18.2 Å². The second-order valence-corrected chi connectivity index (χ2v) is 5.70. The normalized spacial score (nSPS) is 13.5.